The molecule has 1 fully saturated rings. The van der Waals surface area contributed by atoms with Crippen molar-refractivity contribution < 1.29 is 9.13 Å². The maximum absolute atomic E-state index is 13.0. The van der Waals surface area contributed by atoms with Gasteiger partial charge in [-0.1, -0.05) is 0 Å². The molecular weight excluding hydrogens is 273 g/mol. The second-order valence-electron chi connectivity index (χ2n) is 4.01. The first-order valence-electron chi connectivity index (χ1n) is 5.55. The minimum atomic E-state index is -0.227. The fourth-order valence-corrected chi connectivity index (χ4v) is 2.25. The summed E-state index contributed by atoms with van der Waals surface area (Å²) < 4.78 is 18.9. The monoisotopic (exact) mass is 287 g/mol. The van der Waals surface area contributed by atoms with Crippen molar-refractivity contribution in [1.29, 1.82) is 0 Å². The fraction of sp³-hybridized carbons (Fsp3) is 0.500. The molecule has 1 aromatic rings. The Kier molecular flexibility index (Phi) is 4.18. The van der Waals surface area contributed by atoms with E-state index in [2.05, 4.69) is 21.2 Å². The van der Waals surface area contributed by atoms with E-state index in [1.165, 1.54) is 6.07 Å². The summed E-state index contributed by atoms with van der Waals surface area (Å²) in [6.07, 6.45) is 3.20. The van der Waals surface area contributed by atoms with E-state index in [0.29, 0.717) is 10.5 Å². The Morgan fingerprint density at radius 3 is 3.00 bits per heavy atom. The highest BCUT2D eigenvalue weighted by atomic mass is 79.9. The Balaban J connectivity index is 1.99. The number of halogens is 2. The van der Waals surface area contributed by atoms with Gasteiger partial charge in [-0.2, -0.15) is 0 Å². The van der Waals surface area contributed by atoms with Gasteiger partial charge in [-0.25, -0.2) is 4.39 Å². The Hall–Kier alpha value is -0.610. The lowest BCUT2D eigenvalue weighted by Crippen LogP contribution is -2.19. The quantitative estimate of drug-likeness (QED) is 0.898. The summed E-state index contributed by atoms with van der Waals surface area (Å²) in [6, 6.07) is 5.45. The lowest BCUT2D eigenvalue weighted by Gasteiger charge is -2.17. The molecule has 0 bridgehead atoms. The van der Waals surface area contributed by atoms with Gasteiger partial charge in [-0.3, -0.25) is 0 Å². The molecule has 2 nitrogen and oxygen atoms in total. The van der Waals surface area contributed by atoms with Crippen molar-refractivity contribution in [3.05, 3.63) is 28.5 Å². The summed E-state index contributed by atoms with van der Waals surface area (Å²) in [5, 5.41) is 3.41. The zero-order chi connectivity index (χ0) is 11.4. The van der Waals surface area contributed by atoms with E-state index in [4.69, 9.17) is 4.74 Å². The molecule has 1 aromatic carbocycles. The standard InChI is InChI=1S/C12H15BrFNO/c13-11-8-10(3-4-12(11)14)15-9-2-1-6-16-7-5-9/h3-4,8-9,15H,1-2,5-7H2. The smallest absolute Gasteiger partial charge is 0.137 e. The highest BCUT2D eigenvalue weighted by Gasteiger charge is 2.12. The molecule has 4 heteroatoms. The first-order valence-corrected chi connectivity index (χ1v) is 6.34. The van der Waals surface area contributed by atoms with Crippen LogP contribution in [-0.2, 0) is 4.74 Å². The summed E-state index contributed by atoms with van der Waals surface area (Å²) in [4.78, 5) is 0. The molecular formula is C12H15BrFNO. The minimum absolute atomic E-state index is 0.227. The zero-order valence-electron chi connectivity index (χ0n) is 9.01. The third-order valence-corrected chi connectivity index (χ3v) is 3.35. The second kappa shape index (κ2) is 5.64. The Morgan fingerprint density at radius 2 is 2.19 bits per heavy atom. The average Bonchev–Trinajstić information content (AvgIpc) is 2.52. The van der Waals surface area contributed by atoms with E-state index in [1.807, 2.05) is 0 Å². The molecule has 0 aliphatic carbocycles. The molecule has 2 rings (SSSR count). The number of hydrogen-bond donors (Lipinski definition) is 1. The van der Waals surface area contributed by atoms with Crippen LogP contribution in [0, 0.1) is 5.82 Å². The molecule has 88 valence electrons. The van der Waals surface area contributed by atoms with E-state index in [9.17, 15) is 4.39 Å². The maximum Gasteiger partial charge on any atom is 0.137 e. The van der Waals surface area contributed by atoms with Gasteiger partial charge in [0, 0.05) is 24.9 Å². The van der Waals surface area contributed by atoms with Gasteiger partial charge >= 0.3 is 0 Å². The van der Waals surface area contributed by atoms with Gasteiger partial charge < -0.3 is 10.1 Å². The molecule has 0 aromatic heterocycles. The third-order valence-electron chi connectivity index (χ3n) is 2.74. The summed E-state index contributed by atoms with van der Waals surface area (Å²) in [5.74, 6) is -0.227. The molecule has 1 heterocycles. The van der Waals surface area contributed by atoms with Gasteiger partial charge in [0.15, 0.2) is 0 Å². The summed E-state index contributed by atoms with van der Waals surface area (Å²) in [5.41, 5.74) is 0.958. The van der Waals surface area contributed by atoms with E-state index < -0.39 is 0 Å². The molecule has 1 N–H and O–H groups in total. The SMILES string of the molecule is Fc1ccc(NC2CCCOCC2)cc1Br. The van der Waals surface area contributed by atoms with E-state index in [1.54, 1.807) is 12.1 Å². The minimum Gasteiger partial charge on any atom is -0.382 e. The zero-order valence-corrected chi connectivity index (χ0v) is 10.6. The summed E-state index contributed by atoms with van der Waals surface area (Å²) >= 11 is 3.19. The second-order valence-corrected chi connectivity index (χ2v) is 4.87. The Bertz CT molecular complexity index is 351. The molecule has 1 atom stereocenters. The molecule has 0 amide bonds. The number of hydrogen-bond acceptors (Lipinski definition) is 2. The fourth-order valence-electron chi connectivity index (χ4n) is 1.87. The Morgan fingerprint density at radius 1 is 1.31 bits per heavy atom. The number of benzene rings is 1. The van der Waals surface area contributed by atoms with Crippen LogP contribution in [0.5, 0.6) is 0 Å². The van der Waals surface area contributed by atoms with Crippen LogP contribution in [-0.4, -0.2) is 19.3 Å². The maximum atomic E-state index is 13.0. The van der Waals surface area contributed by atoms with E-state index >= 15 is 0 Å². The molecule has 1 unspecified atom stereocenters. The van der Waals surface area contributed by atoms with E-state index in [0.717, 1.165) is 38.2 Å². The van der Waals surface area contributed by atoms with Crippen LogP contribution in [0.2, 0.25) is 0 Å². The predicted molar refractivity (Wildman–Crippen MR) is 66.2 cm³/mol. The van der Waals surface area contributed by atoms with Crippen molar-refractivity contribution in [2.24, 2.45) is 0 Å². The van der Waals surface area contributed by atoms with Gasteiger partial charge in [0.05, 0.1) is 4.47 Å². The highest BCUT2D eigenvalue weighted by Crippen LogP contribution is 2.22. The molecule has 0 radical (unpaired) electrons. The predicted octanol–water partition coefficient (Wildman–Crippen LogP) is 3.57. The van der Waals surface area contributed by atoms with Crippen LogP contribution in [0.4, 0.5) is 10.1 Å². The van der Waals surface area contributed by atoms with Crippen molar-refractivity contribution in [3.8, 4) is 0 Å². The van der Waals surface area contributed by atoms with Crippen LogP contribution in [0.25, 0.3) is 0 Å². The molecule has 16 heavy (non-hydrogen) atoms. The molecule has 1 aliphatic heterocycles. The number of rotatable bonds is 2. The highest BCUT2D eigenvalue weighted by molar-refractivity contribution is 9.10. The van der Waals surface area contributed by atoms with Crippen LogP contribution in [0.3, 0.4) is 0 Å². The van der Waals surface area contributed by atoms with Gasteiger partial charge in [0.2, 0.25) is 0 Å². The van der Waals surface area contributed by atoms with Crippen molar-refractivity contribution in [1.82, 2.24) is 0 Å². The van der Waals surface area contributed by atoms with Crippen LogP contribution < -0.4 is 5.32 Å². The van der Waals surface area contributed by atoms with Crippen molar-refractivity contribution in [2.75, 3.05) is 18.5 Å². The van der Waals surface area contributed by atoms with Gasteiger partial charge in [-0.05, 0) is 53.4 Å². The number of ether oxygens (including phenoxy) is 1. The van der Waals surface area contributed by atoms with Gasteiger partial charge in [-0.15, -0.1) is 0 Å². The first-order chi connectivity index (χ1) is 7.75. The Labute approximate surface area is 103 Å². The summed E-state index contributed by atoms with van der Waals surface area (Å²) in [6.45, 7) is 1.66. The van der Waals surface area contributed by atoms with Crippen LogP contribution in [0.15, 0.2) is 22.7 Å². The molecule has 1 saturated heterocycles. The number of anilines is 1. The van der Waals surface area contributed by atoms with Crippen LogP contribution >= 0.6 is 15.9 Å². The normalized spacial score (nSPS) is 21.5. The lowest BCUT2D eigenvalue weighted by atomic mass is 10.1. The molecule has 1 aliphatic rings. The first kappa shape index (κ1) is 11.9. The van der Waals surface area contributed by atoms with Crippen LogP contribution in [0.1, 0.15) is 19.3 Å². The van der Waals surface area contributed by atoms with Crippen molar-refractivity contribution in [3.63, 3.8) is 0 Å². The van der Waals surface area contributed by atoms with Crippen molar-refractivity contribution >= 4 is 21.6 Å². The van der Waals surface area contributed by atoms with Gasteiger partial charge in [0.25, 0.3) is 0 Å². The summed E-state index contributed by atoms with van der Waals surface area (Å²) in [7, 11) is 0. The largest absolute Gasteiger partial charge is 0.382 e. The molecule has 0 spiro atoms. The lowest BCUT2D eigenvalue weighted by molar-refractivity contribution is 0.144. The molecule has 0 saturated carbocycles. The topological polar surface area (TPSA) is 21.3 Å². The average molecular weight is 288 g/mol. The van der Waals surface area contributed by atoms with Crippen molar-refractivity contribution in [2.45, 2.75) is 25.3 Å². The van der Waals surface area contributed by atoms with Gasteiger partial charge in [0.1, 0.15) is 5.82 Å². The number of nitrogens with one attached hydrogen (secondary N) is 1. The third kappa shape index (κ3) is 3.19. The van der Waals surface area contributed by atoms with E-state index in [-0.39, 0.29) is 5.82 Å².